The Kier molecular flexibility index (Phi) is 3.75. The lowest BCUT2D eigenvalue weighted by Gasteiger charge is -2.26. The average Bonchev–Trinajstić information content (AvgIpc) is 2.86. The Morgan fingerprint density at radius 2 is 1.82 bits per heavy atom. The van der Waals surface area contributed by atoms with Crippen LogP contribution in [0.2, 0.25) is 0 Å². The van der Waals surface area contributed by atoms with Crippen molar-refractivity contribution >= 4 is 11.6 Å². The van der Waals surface area contributed by atoms with Crippen LogP contribution in [0.5, 0.6) is 0 Å². The monoisotopic (exact) mass is 295 g/mol. The Morgan fingerprint density at radius 1 is 1.18 bits per heavy atom. The fourth-order valence-corrected chi connectivity index (χ4v) is 3.15. The lowest BCUT2D eigenvalue weighted by molar-refractivity contribution is -0.123. The number of para-hydroxylation sites is 1. The van der Waals surface area contributed by atoms with E-state index >= 15 is 0 Å². The number of hydrogen-bond acceptors (Lipinski definition) is 2. The number of benzene rings is 2. The van der Waals surface area contributed by atoms with Gasteiger partial charge >= 0.3 is 0 Å². The summed E-state index contributed by atoms with van der Waals surface area (Å²) < 4.78 is 0. The van der Waals surface area contributed by atoms with Crippen LogP contribution in [0.15, 0.2) is 54.6 Å². The van der Waals surface area contributed by atoms with E-state index in [1.807, 2.05) is 48.5 Å². The average molecular weight is 295 g/mol. The highest BCUT2D eigenvalue weighted by Gasteiger charge is 2.34. The fourth-order valence-electron chi connectivity index (χ4n) is 3.15. The Balaban J connectivity index is 1.81. The van der Waals surface area contributed by atoms with Crippen LogP contribution in [0.25, 0.3) is 0 Å². The molecule has 0 saturated carbocycles. The van der Waals surface area contributed by atoms with Crippen molar-refractivity contribution in [2.24, 2.45) is 0 Å². The number of fused-ring (bicyclic) bond motifs is 1. The second kappa shape index (κ2) is 5.58. The van der Waals surface area contributed by atoms with E-state index in [0.29, 0.717) is 12.5 Å². The van der Waals surface area contributed by atoms with Crippen molar-refractivity contribution in [2.75, 3.05) is 11.4 Å². The number of rotatable bonds is 3. The lowest BCUT2D eigenvalue weighted by Crippen LogP contribution is -2.36. The van der Waals surface area contributed by atoms with E-state index in [2.05, 4.69) is 13.0 Å². The lowest BCUT2D eigenvalue weighted by atomic mass is 9.92. The molecule has 2 aromatic rings. The van der Waals surface area contributed by atoms with Gasteiger partial charge in [0.05, 0.1) is 12.0 Å². The van der Waals surface area contributed by atoms with Crippen LogP contribution in [-0.2, 0) is 10.4 Å². The summed E-state index contributed by atoms with van der Waals surface area (Å²) in [4.78, 5) is 14.5. The molecule has 1 aliphatic heterocycles. The van der Waals surface area contributed by atoms with Gasteiger partial charge in [0.2, 0.25) is 5.91 Å². The Bertz CT molecular complexity index is 679. The topological polar surface area (TPSA) is 40.5 Å². The fraction of sp³-hybridized carbons (Fsp3) is 0.316. The number of amides is 1. The van der Waals surface area contributed by atoms with E-state index in [-0.39, 0.29) is 12.3 Å². The molecule has 0 aliphatic carbocycles. The van der Waals surface area contributed by atoms with Gasteiger partial charge in [-0.15, -0.1) is 0 Å². The first-order valence-corrected chi connectivity index (χ1v) is 7.66. The van der Waals surface area contributed by atoms with Gasteiger partial charge in [-0.3, -0.25) is 4.79 Å². The third kappa shape index (κ3) is 2.64. The minimum absolute atomic E-state index is 0.0364. The Hall–Kier alpha value is -2.13. The van der Waals surface area contributed by atoms with Crippen LogP contribution >= 0.6 is 0 Å². The number of carbonyl (C=O) groups excluding carboxylic acids is 1. The zero-order chi connectivity index (χ0) is 15.7. The van der Waals surface area contributed by atoms with Crippen LogP contribution in [0, 0.1) is 0 Å². The van der Waals surface area contributed by atoms with Crippen LogP contribution < -0.4 is 4.90 Å². The Labute approximate surface area is 131 Å². The predicted molar refractivity (Wildman–Crippen MR) is 87.8 cm³/mol. The molecule has 0 aromatic heterocycles. The second-order valence-electron chi connectivity index (χ2n) is 6.28. The van der Waals surface area contributed by atoms with Crippen LogP contribution in [-0.4, -0.2) is 17.6 Å². The molecule has 0 bridgehead atoms. The summed E-state index contributed by atoms with van der Waals surface area (Å²) in [5.74, 6) is 0.299. The normalized spacial score (nSPS) is 19.6. The quantitative estimate of drug-likeness (QED) is 0.942. The van der Waals surface area contributed by atoms with Gasteiger partial charge in [-0.2, -0.15) is 0 Å². The van der Waals surface area contributed by atoms with Crippen LogP contribution in [0.3, 0.4) is 0 Å². The highest BCUT2D eigenvalue weighted by Crippen LogP contribution is 2.37. The molecule has 2 aromatic carbocycles. The summed E-state index contributed by atoms with van der Waals surface area (Å²) >= 11 is 0. The van der Waals surface area contributed by atoms with Crippen molar-refractivity contribution in [3.05, 3.63) is 65.7 Å². The van der Waals surface area contributed by atoms with Crippen LogP contribution in [0.4, 0.5) is 5.69 Å². The van der Waals surface area contributed by atoms with Crippen molar-refractivity contribution in [1.29, 1.82) is 0 Å². The molecule has 1 N–H and O–H groups in total. The summed E-state index contributed by atoms with van der Waals surface area (Å²) in [7, 11) is 0. The maximum atomic E-state index is 12.7. The second-order valence-corrected chi connectivity index (χ2v) is 6.28. The van der Waals surface area contributed by atoms with Gasteiger partial charge in [-0.25, -0.2) is 0 Å². The predicted octanol–water partition coefficient (Wildman–Crippen LogP) is 3.43. The Morgan fingerprint density at radius 3 is 2.55 bits per heavy atom. The highest BCUT2D eigenvalue weighted by atomic mass is 16.3. The maximum absolute atomic E-state index is 12.7. The van der Waals surface area contributed by atoms with Crippen molar-refractivity contribution in [3.8, 4) is 0 Å². The standard InChI is InChI=1S/C19H21NO2/c1-14-13-20(17-11-7-6-10-16(14)17)18(21)12-19(2,22)15-8-4-3-5-9-15/h3-11,14,22H,12-13H2,1-2H3. The maximum Gasteiger partial charge on any atom is 0.230 e. The van der Waals surface area contributed by atoms with Gasteiger partial charge in [0.1, 0.15) is 0 Å². The number of hydrogen-bond donors (Lipinski definition) is 1. The summed E-state index contributed by atoms with van der Waals surface area (Å²) in [6.45, 7) is 4.51. The number of nitrogens with zero attached hydrogens (tertiary/aromatic N) is 1. The minimum Gasteiger partial charge on any atom is -0.385 e. The van der Waals surface area contributed by atoms with E-state index in [1.165, 1.54) is 5.56 Å². The number of anilines is 1. The summed E-state index contributed by atoms with van der Waals surface area (Å²) in [6, 6.07) is 17.4. The third-order valence-electron chi connectivity index (χ3n) is 4.41. The van der Waals surface area contributed by atoms with Crippen molar-refractivity contribution in [1.82, 2.24) is 0 Å². The summed E-state index contributed by atoms with van der Waals surface area (Å²) in [6.07, 6.45) is 0.0814. The minimum atomic E-state index is -1.15. The van der Waals surface area contributed by atoms with E-state index < -0.39 is 5.60 Å². The van der Waals surface area contributed by atoms with Gasteiger partial charge in [-0.05, 0) is 24.1 Å². The van der Waals surface area contributed by atoms with E-state index in [4.69, 9.17) is 0 Å². The van der Waals surface area contributed by atoms with Crippen LogP contribution in [0.1, 0.15) is 37.3 Å². The smallest absolute Gasteiger partial charge is 0.230 e. The summed E-state index contributed by atoms with van der Waals surface area (Å²) in [5, 5.41) is 10.7. The van der Waals surface area contributed by atoms with Gasteiger partial charge in [0, 0.05) is 18.2 Å². The van der Waals surface area contributed by atoms with E-state index in [0.717, 1.165) is 11.3 Å². The molecule has 2 unspecified atom stereocenters. The van der Waals surface area contributed by atoms with Gasteiger partial charge in [0.25, 0.3) is 0 Å². The first-order valence-electron chi connectivity index (χ1n) is 7.66. The third-order valence-corrected chi connectivity index (χ3v) is 4.41. The van der Waals surface area contributed by atoms with Gasteiger partial charge < -0.3 is 10.0 Å². The molecule has 0 spiro atoms. The molecule has 0 fully saturated rings. The molecule has 1 aliphatic rings. The largest absolute Gasteiger partial charge is 0.385 e. The molecule has 3 heteroatoms. The van der Waals surface area contributed by atoms with Gasteiger partial charge in [0.15, 0.2) is 0 Å². The molecule has 2 atom stereocenters. The van der Waals surface area contributed by atoms with Crippen molar-refractivity contribution in [3.63, 3.8) is 0 Å². The molecule has 1 heterocycles. The highest BCUT2D eigenvalue weighted by molar-refractivity contribution is 5.96. The van der Waals surface area contributed by atoms with Gasteiger partial charge in [-0.1, -0.05) is 55.5 Å². The van der Waals surface area contributed by atoms with Crippen molar-refractivity contribution < 1.29 is 9.90 Å². The molecule has 1 amide bonds. The molecule has 3 rings (SSSR count). The zero-order valence-electron chi connectivity index (χ0n) is 13.0. The summed E-state index contributed by atoms with van der Waals surface area (Å²) in [5.41, 5.74) is 1.79. The molecule has 114 valence electrons. The molecular weight excluding hydrogens is 274 g/mol. The number of aliphatic hydroxyl groups is 1. The van der Waals surface area contributed by atoms with E-state index in [9.17, 15) is 9.90 Å². The molecular formula is C19H21NO2. The van der Waals surface area contributed by atoms with E-state index in [1.54, 1.807) is 11.8 Å². The molecule has 0 radical (unpaired) electrons. The number of carbonyl (C=O) groups is 1. The first-order chi connectivity index (χ1) is 10.5. The van der Waals surface area contributed by atoms with Crippen molar-refractivity contribution in [2.45, 2.75) is 31.8 Å². The zero-order valence-corrected chi connectivity index (χ0v) is 13.0. The molecule has 3 nitrogen and oxygen atoms in total. The molecule has 0 saturated heterocycles. The SMILES string of the molecule is CC1CN(C(=O)CC(C)(O)c2ccccc2)c2ccccc21. The molecule has 22 heavy (non-hydrogen) atoms. The first kappa shape index (κ1) is 14.8.